The number of halogens is 4. The molecule has 2 heterocycles. The standard InChI is InChI=1S/C29H29F4N5O5S/c1-37-24(7-11-36-37)21-15-29(32,33)9-6-25(21)43-20-12-22(30)28(23(31)13-20)44(39,40)38(27-8-10-34-17-35-27)16-18-4-5-19(41-2)14-26(18)42-3/h4-5,7-8,10-14,17,21,25H,6,9,15-16H2,1-3H3. The van der Waals surface area contributed by atoms with Gasteiger partial charge in [0.25, 0.3) is 10.0 Å². The molecular weight excluding hydrogens is 606 g/mol. The van der Waals surface area contributed by atoms with Gasteiger partial charge in [0.15, 0.2) is 4.90 Å². The van der Waals surface area contributed by atoms with Crippen molar-refractivity contribution in [2.75, 3.05) is 18.5 Å². The number of nitrogens with zero attached hydrogens (tertiary/aromatic N) is 5. The fraction of sp³-hybridized carbons (Fsp3) is 0.345. The average molecular weight is 636 g/mol. The quantitative estimate of drug-likeness (QED) is 0.218. The third kappa shape index (κ3) is 6.27. The van der Waals surface area contributed by atoms with E-state index >= 15 is 8.78 Å². The molecule has 234 valence electrons. The lowest BCUT2D eigenvalue weighted by Crippen LogP contribution is -2.38. The Bertz CT molecular complexity index is 1720. The summed E-state index contributed by atoms with van der Waals surface area (Å²) < 4.78 is 106. The molecule has 0 N–H and O–H groups in total. The Morgan fingerprint density at radius 1 is 1.02 bits per heavy atom. The maximum Gasteiger partial charge on any atom is 0.271 e. The fourth-order valence-corrected chi connectivity index (χ4v) is 6.78. The van der Waals surface area contributed by atoms with Gasteiger partial charge in [-0.05, 0) is 24.6 Å². The molecule has 15 heteroatoms. The van der Waals surface area contributed by atoms with Gasteiger partial charge in [0.1, 0.15) is 47.1 Å². The summed E-state index contributed by atoms with van der Waals surface area (Å²) in [5.74, 6) is -6.43. The van der Waals surface area contributed by atoms with Crippen LogP contribution < -0.4 is 18.5 Å². The molecule has 2 atom stereocenters. The topological polar surface area (TPSA) is 109 Å². The lowest BCUT2D eigenvalue weighted by atomic mass is 9.81. The third-order valence-corrected chi connectivity index (χ3v) is 9.24. The van der Waals surface area contributed by atoms with E-state index in [0.717, 1.165) is 22.8 Å². The maximum atomic E-state index is 15.6. The number of hydrogen-bond acceptors (Lipinski definition) is 8. The molecule has 0 radical (unpaired) electrons. The zero-order valence-corrected chi connectivity index (χ0v) is 24.8. The molecule has 1 fully saturated rings. The SMILES string of the molecule is COc1ccc(CN(c2ccncn2)S(=O)(=O)c2c(F)cc(OC3CCC(F)(F)CC3c3ccnn3C)cc2F)c(OC)c1. The smallest absolute Gasteiger partial charge is 0.271 e. The van der Waals surface area contributed by atoms with Gasteiger partial charge >= 0.3 is 0 Å². The number of methoxy groups -OCH3 is 2. The van der Waals surface area contributed by atoms with Gasteiger partial charge in [-0.1, -0.05) is 0 Å². The van der Waals surface area contributed by atoms with Gasteiger partial charge in [-0.3, -0.25) is 4.68 Å². The zero-order valence-electron chi connectivity index (χ0n) is 24.0. The van der Waals surface area contributed by atoms with Crippen LogP contribution in [0.4, 0.5) is 23.4 Å². The van der Waals surface area contributed by atoms with E-state index in [1.54, 1.807) is 25.2 Å². The molecule has 10 nitrogen and oxygen atoms in total. The summed E-state index contributed by atoms with van der Waals surface area (Å²) in [5.41, 5.74) is 0.829. The van der Waals surface area contributed by atoms with E-state index in [1.807, 2.05) is 0 Å². The highest BCUT2D eigenvalue weighted by atomic mass is 32.2. The first kappa shape index (κ1) is 31.0. The first-order chi connectivity index (χ1) is 20.9. The van der Waals surface area contributed by atoms with Crippen LogP contribution in [0, 0.1) is 11.6 Å². The number of alkyl halides is 2. The number of benzene rings is 2. The second-order valence-corrected chi connectivity index (χ2v) is 12.0. The largest absolute Gasteiger partial charge is 0.497 e. The van der Waals surface area contributed by atoms with Crippen molar-refractivity contribution in [2.24, 2.45) is 7.05 Å². The normalized spacial score (nSPS) is 18.1. The van der Waals surface area contributed by atoms with Crippen molar-refractivity contribution in [3.63, 3.8) is 0 Å². The predicted molar refractivity (Wildman–Crippen MR) is 150 cm³/mol. The van der Waals surface area contributed by atoms with Gasteiger partial charge in [-0.25, -0.2) is 40.3 Å². The van der Waals surface area contributed by atoms with Crippen molar-refractivity contribution in [1.82, 2.24) is 19.7 Å². The van der Waals surface area contributed by atoms with E-state index in [2.05, 4.69) is 15.1 Å². The fourth-order valence-electron chi connectivity index (χ4n) is 5.29. The van der Waals surface area contributed by atoms with Crippen LogP contribution in [0.1, 0.15) is 36.4 Å². The summed E-state index contributed by atoms with van der Waals surface area (Å²) in [4.78, 5) is 6.55. The van der Waals surface area contributed by atoms with E-state index < -0.39 is 63.9 Å². The Morgan fingerprint density at radius 3 is 2.39 bits per heavy atom. The van der Waals surface area contributed by atoms with E-state index in [4.69, 9.17) is 14.2 Å². The van der Waals surface area contributed by atoms with Crippen molar-refractivity contribution >= 4 is 15.8 Å². The van der Waals surface area contributed by atoms with Crippen molar-refractivity contribution in [2.45, 2.75) is 48.6 Å². The van der Waals surface area contributed by atoms with Crippen molar-refractivity contribution in [3.05, 3.63) is 84.1 Å². The summed E-state index contributed by atoms with van der Waals surface area (Å²) in [6.45, 7) is -0.410. The predicted octanol–water partition coefficient (Wildman–Crippen LogP) is 5.25. The van der Waals surface area contributed by atoms with Crippen LogP contribution in [-0.2, 0) is 23.6 Å². The molecule has 2 aromatic heterocycles. The average Bonchev–Trinajstić information content (AvgIpc) is 3.42. The van der Waals surface area contributed by atoms with Crippen LogP contribution >= 0.6 is 0 Å². The number of ether oxygens (including phenoxy) is 3. The van der Waals surface area contributed by atoms with Gasteiger partial charge in [-0.15, -0.1) is 0 Å². The first-order valence-corrected chi connectivity index (χ1v) is 14.9. The van der Waals surface area contributed by atoms with E-state index in [0.29, 0.717) is 17.0 Å². The molecule has 0 saturated heterocycles. The minimum Gasteiger partial charge on any atom is -0.497 e. The van der Waals surface area contributed by atoms with Gasteiger partial charge in [0.05, 0.1) is 20.8 Å². The summed E-state index contributed by atoms with van der Waals surface area (Å²) >= 11 is 0. The second kappa shape index (κ2) is 12.3. The molecule has 0 bridgehead atoms. The summed E-state index contributed by atoms with van der Waals surface area (Å²) in [7, 11) is -0.498. The Labute approximate surface area is 251 Å². The highest BCUT2D eigenvalue weighted by Crippen LogP contribution is 2.44. The van der Waals surface area contributed by atoms with Crippen molar-refractivity contribution < 1.29 is 40.2 Å². The van der Waals surface area contributed by atoms with Gasteiger partial charge < -0.3 is 14.2 Å². The molecule has 4 aromatic rings. The maximum absolute atomic E-state index is 15.6. The molecular formula is C29H29F4N5O5S. The van der Waals surface area contributed by atoms with Gasteiger partial charge in [0.2, 0.25) is 5.92 Å². The molecule has 1 saturated carbocycles. The van der Waals surface area contributed by atoms with E-state index in [-0.39, 0.29) is 23.7 Å². The minimum atomic E-state index is -4.93. The molecule has 1 aliphatic carbocycles. The Balaban J connectivity index is 1.49. The number of anilines is 1. The Hall–Kier alpha value is -4.40. The summed E-state index contributed by atoms with van der Waals surface area (Å²) in [5, 5.41) is 4.04. The molecule has 2 unspecified atom stereocenters. The van der Waals surface area contributed by atoms with E-state index in [9.17, 15) is 17.2 Å². The van der Waals surface area contributed by atoms with Crippen LogP contribution in [-0.4, -0.2) is 54.4 Å². The van der Waals surface area contributed by atoms with Crippen LogP contribution in [0.2, 0.25) is 0 Å². The van der Waals surface area contributed by atoms with Crippen LogP contribution in [0.3, 0.4) is 0 Å². The molecule has 2 aromatic carbocycles. The number of sulfonamides is 1. The zero-order chi connectivity index (χ0) is 31.6. The first-order valence-electron chi connectivity index (χ1n) is 13.4. The monoisotopic (exact) mass is 635 g/mol. The molecule has 0 spiro atoms. The second-order valence-electron chi connectivity index (χ2n) is 10.2. The highest BCUT2D eigenvalue weighted by Gasteiger charge is 2.44. The van der Waals surface area contributed by atoms with Crippen molar-refractivity contribution in [3.8, 4) is 17.2 Å². The highest BCUT2D eigenvalue weighted by molar-refractivity contribution is 7.92. The third-order valence-electron chi connectivity index (χ3n) is 7.44. The Morgan fingerprint density at radius 2 is 1.77 bits per heavy atom. The Kier molecular flexibility index (Phi) is 8.68. The number of aromatic nitrogens is 4. The minimum absolute atomic E-state index is 0.0999. The summed E-state index contributed by atoms with van der Waals surface area (Å²) in [6, 6.07) is 8.99. The van der Waals surface area contributed by atoms with E-state index in [1.165, 1.54) is 43.4 Å². The number of hydrogen-bond donors (Lipinski definition) is 0. The molecule has 1 aliphatic rings. The van der Waals surface area contributed by atoms with Crippen LogP contribution in [0.5, 0.6) is 17.2 Å². The number of aryl methyl sites for hydroxylation is 1. The summed E-state index contributed by atoms with van der Waals surface area (Å²) in [6.07, 6.45) is 1.85. The van der Waals surface area contributed by atoms with Gasteiger partial charge in [-0.2, -0.15) is 5.10 Å². The molecule has 44 heavy (non-hydrogen) atoms. The van der Waals surface area contributed by atoms with Gasteiger partial charge in [0, 0.05) is 73.7 Å². The van der Waals surface area contributed by atoms with Crippen LogP contribution in [0.15, 0.2) is 66.1 Å². The van der Waals surface area contributed by atoms with Crippen LogP contribution in [0.25, 0.3) is 0 Å². The number of rotatable bonds is 10. The molecule has 0 aliphatic heterocycles. The molecule has 0 amide bonds. The lowest BCUT2D eigenvalue weighted by molar-refractivity contribution is -0.0698. The van der Waals surface area contributed by atoms with Crippen molar-refractivity contribution in [1.29, 1.82) is 0 Å². The molecule has 5 rings (SSSR count). The lowest BCUT2D eigenvalue weighted by Gasteiger charge is -2.36.